The lowest BCUT2D eigenvalue weighted by atomic mass is 10.1. The zero-order valence-electron chi connectivity index (χ0n) is 14.0. The Bertz CT molecular complexity index is 723. The van der Waals surface area contributed by atoms with E-state index >= 15 is 0 Å². The van der Waals surface area contributed by atoms with Crippen LogP contribution in [-0.4, -0.2) is 26.2 Å². The number of anilines is 1. The lowest BCUT2D eigenvalue weighted by Crippen LogP contribution is -2.16. The van der Waals surface area contributed by atoms with Gasteiger partial charge in [-0.1, -0.05) is 25.1 Å². The van der Waals surface area contributed by atoms with Gasteiger partial charge in [0.2, 0.25) is 0 Å². The van der Waals surface area contributed by atoms with Crippen LogP contribution < -0.4 is 20.1 Å². The topological polar surface area (TPSA) is 59.6 Å². The summed E-state index contributed by atoms with van der Waals surface area (Å²) >= 11 is 0. The highest BCUT2D eigenvalue weighted by Gasteiger charge is 2.20. The SMILES string of the molecule is CCNCc1cccc(NC(=O)c2cccc(OC)c2OC(F)F)c1. The zero-order chi connectivity index (χ0) is 18.2. The molecule has 1 amide bonds. The number of amides is 1. The fourth-order valence-electron chi connectivity index (χ4n) is 2.29. The number of para-hydroxylation sites is 1. The highest BCUT2D eigenvalue weighted by molar-refractivity contribution is 6.06. The highest BCUT2D eigenvalue weighted by atomic mass is 19.3. The molecular formula is C18H20F2N2O3. The Morgan fingerprint density at radius 2 is 1.96 bits per heavy atom. The molecule has 0 unspecified atom stereocenters. The monoisotopic (exact) mass is 350 g/mol. The zero-order valence-corrected chi connectivity index (χ0v) is 14.0. The maximum atomic E-state index is 12.7. The van der Waals surface area contributed by atoms with Crippen LogP contribution in [0.4, 0.5) is 14.5 Å². The molecule has 25 heavy (non-hydrogen) atoms. The minimum absolute atomic E-state index is 0.0308. The first-order valence-electron chi connectivity index (χ1n) is 7.78. The predicted molar refractivity (Wildman–Crippen MR) is 91.4 cm³/mol. The summed E-state index contributed by atoms with van der Waals surface area (Å²) in [6.07, 6.45) is 0. The Labute approximate surface area is 144 Å². The van der Waals surface area contributed by atoms with E-state index in [2.05, 4.69) is 15.4 Å². The number of carbonyl (C=O) groups is 1. The van der Waals surface area contributed by atoms with Crippen molar-refractivity contribution >= 4 is 11.6 Å². The van der Waals surface area contributed by atoms with Gasteiger partial charge in [0.25, 0.3) is 5.91 Å². The van der Waals surface area contributed by atoms with Gasteiger partial charge in [-0.05, 0) is 36.4 Å². The van der Waals surface area contributed by atoms with Crippen molar-refractivity contribution in [3.05, 3.63) is 53.6 Å². The summed E-state index contributed by atoms with van der Waals surface area (Å²) in [7, 11) is 1.32. The summed E-state index contributed by atoms with van der Waals surface area (Å²) < 4.78 is 34.8. The van der Waals surface area contributed by atoms with Crippen molar-refractivity contribution in [2.45, 2.75) is 20.1 Å². The molecule has 0 spiro atoms. The molecule has 0 aromatic heterocycles. The second kappa shape index (κ2) is 8.98. The molecule has 7 heteroatoms. The van der Waals surface area contributed by atoms with Crippen molar-refractivity contribution in [3.63, 3.8) is 0 Å². The average molecular weight is 350 g/mol. The molecule has 5 nitrogen and oxygen atoms in total. The molecular weight excluding hydrogens is 330 g/mol. The number of hydrogen-bond acceptors (Lipinski definition) is 4. The maximum absolute atomic E-state index is 12.7. The Kier molecular flexibility index (Phi) is 6.71. The number of nitrogens with one attached hydrogen (secondary N) is 2. The maximum Gasteiger partial charge on any atom is 0.387 e. The number of hydrogen-bond donors (Lipinski definition) is 2. The number of carbonyl (C=O) groups excluding carboxylic acids is 1. The van der Waals surface area contributed by atoms with Crippen molar-refractivity contribution in [1.29, 1.82) is 0 Å². The molecule has 134 valence electrons. The van der Waals surface area contributed by atoms with Gasteiger partial charge in [-0.15, -0.1) is 0 Å². The van der Waals surface area contributed by atoms with Gasteiger partial charge in [0.05, 0.1) is 12.7 Å². The molecule has 0 aliphatic heterocycles. The molecule has 0 radical (unpaired) electrons. The average Bonchev–Trinajstić information content (AvgIpc) is 2.60. The van der Waals surface area contributed by atoms with Gasteiger partial charge in [0, 0.05) is 12.2 Å². The van der Waals surface area contributed by atoms with Crippen molar-refractivity contribution in [1.82, 2.24) is 5.32 Å². The summed E-state index contributed by atoms with van der Waals surface area (Å²) in [6, 6.07) is 11.7. The Morgan fingerprint density at radius 1 is 1.20 bits per heavy atom. The van der Waals surface area contributed by atoms with Gasteiger partial charge in [-0.2, -0.15) is 8.78 Å². The summed E-state index contributed by atoms with van der Waals surface area (Å²) in [5.41, 5.74) is 1.53. The summed E-state index contributed by atoms with van der Waals surface area (Å²) in [4.78, 5) is 12.5. The third-order valence-electron chi connectivity index (χ3n) is 3.41. The minimum Gasteiger partial charge on any atom is -0.493 e. The van der Waals surface area contributed by atoms with Gasteiger partial charge < -0.3 is 20.1 Å². The standard InChI is InChI=1S/C18H20F2N2O3/c1-3-21-11-12-6-4-7-13(10-12)22-17(23)14-8-5-9-15(24-2)16(14)25-18(19)20/h4-10,18,21H,3,11H2,1-2H3,(H,22,23). The number of benzene rings is 2. The summed E-state index contributed by atoms with van der Waals surface area (Å²) in [5.74, 6) is -0.787. The van der Waals surface area contributed by atoms with E-state index in [1.807, 2.05) is 25.1 Å². The summed E-state index contributed by atoms with van der Waals surface area (Å²) in [6.45, 7) is 0.429. The van der Waals surface area contributed by atoms with Gasteiger partial charge in [-0.3, -0.25) is 4.79 Å². The number of methoxy groups -OCH3 is 1. The second-order valence-electron chi connectivity index (χ2n) is 5.15. The number of alkyl halides is 2. The first-order chi connectivity index (χ1) is 12.0. The first-order valence-corrected chi connectivity index (χ1v) is 7.78. The van der Waals surface area contributed by atoms with E-state index in [0.29, 0.717) is 12.2 Å². The van der Waals surface area contributed by atoms with Gasteiger partial charge in [0.15, 0.2) is 11.5 Å². The first kappa shape index (κ1) is 18.7. The molecule has 0 fully saturated rings. The normalized spacial score (nSPS) is 10.6. The van der Waals surface area contributed by atoms with Crippen LogP contribution in [0.1, 0.15) is 22.8 Å². The van der Waals surface area contributed by atoms with Crippen molar-refractivity contribution < 1.29 is 23.0 Å². The Hall–Kier alpha value is -2.67. The molecule has 0 aliphatic carbocycles. The smallest absolute Gasteiger partial charge is 0.387 e. The summed E-state index contributed by atoms with van der Waals surface area (Å²) in [5, 5.41) is 5.88. The molecule has 2 N–H and O–H groups in total. The lowest BCUT2D eigenvalue weighted by molar-refractivity contribution is -0.0515. The van der Waals surface area contributed by atoms with Crippen LogP contribution in [0.25, 0.3) is 0 Å². The third-order valence-corrected chi connectivity index (χ3v) is 3.41. The van der Waals surface area contributed by atoms with E-state index in [1.54, 1.807) is 6.07 Å². The second-order valence-corrected chi connectivity index (χ2v) is 5.15. The minimum atomic E-state index is -3.06. The van der Waals surface area contributed by atoms with Crippen LogP contribution in [0.3, 0.4) is 0 Å². The Balaban J connectivity index is 2.23. The molecule has 0 aliphatic rings. The van der Waals surface area contributed by atoms with Crippen LogP contribution in [0, 0.1) is 0 Å². The van der Waals surface area contributed by atoms with Crippen molar-refractivity contribution in [2.24, 2.45) is 0 Å². The van der Waals surface area contributed by atoms with E-state index in [0.717, 1.165) is 12.1 Å². The van der Waals surface area contributed by atoms with E-state index in [4.69, 9.17) is 4.74 Å². The highest BCUT2D eigenvalue weighted by Crippen LogP contribution is 2.33. The fraction of sp³-hybridized carbons (Fsp3) is 0.278. The van der Waals surface area contributed by atoms with Gasteiger partial charge in [-0.25, -0.2) is 0 Å². The largest absolute Gasteiger partial charge is 0.493 e. The quantitative estimate of drug-likeness (QED) is 0.763. The predicted octanol–water partition coefficient (Wildman–Crippen LogP) is 3.66. The van der Waals surface area contributed by atoms with E-state index in [1.165, 1.54) is 25.3 Å². The van der Waals surface area contributed by atoms with Gasteiger partial charge >= 0.3 is 6.61 Å². The van der Waals surface area contributed by atoms with Crippen LogP contribution >= 0.6 is 0 Å². The molecule has 0 atom stereocenters. The van der Waals surface area contributed by atoms with Crippen LogP contribution in [0.15, 0.2) is 42.5 Å². The fourth-order valence-corrected chi connectivity index (χ4v) is 2.29. The molecule has 0 bridgehead atoms. The van der Waals surface area contributed by atoms with Crippen molar-refractivity contribution in [2.75, 3.05) is 19.0 Å². The number of halogens is 2. The third kappa shape index (κ3) is 5.15. The molecule has 2 aromatic carbocycles. The molecule has 0 heterocycles. The van der Waals surface area contributed by atoms with Crippen molar-refractivity contribution in [3.8, 4) is 11.5 Å². The molecule has 2 aromatic rings. The van der Waals surface area contributed by atoms with Crippen LogP contribution in [-0.2, 0) is 6.54 Å². The molecule has 0 saturated carbocycles. The lowest BCUT2D eigenvalue weighted by Gasteiger charge is -2.14. The number of ether oxygens (including phenoxy) is 2. The van der Waals surface area contributed by atoms with E-state index < -0.39 is 12.5 Å². The Morgan fingerprint density at radius 3 is 2.64 bits per heavy atom. The van der Waals surface area contributed by atoms with E-state index in [9.17, 15) is 13.6 Å². The van der Waals surface area contributed by atoms with Crippen LogP contribution in [0.2, 0.25) is 0 Å². The van der Waals surface area contributed by atoms with Gasteiger partial charge in [0.1, 0.15) is 0 Å². The number of rotatable bonds is 8. The van der Waals surface area contributed by atoms with E-state index in [-0.39, 0.29) is 17.1 Å². The van der Waals surface area contributed by atoms with Crippen LogP contribution in [0.5, 0.6) is 11.5 Å². The molecule has 2 rings (SSSR count). The molecule has 0 saturated heterocycles.